The van der Waals surface area contributed by atoms with Crippen molar-refractivity contribution in [2.24, 2.45) is 0 Å². The van der Waals surface area contributed by atoms with Gasteiger partial charge in [-0.3, -0.25) is 4.79 Å². The summed E-state index contributed by atoms with van der Waals surface area (Å²) in [5.74, 6) is 0.209. The summed E-state index contributed by atoms with van der Waals surface area (Å²) in [4.78, 5) is 13.3. The fourth-order valence-electron chi connectivity index (χ4n) is 1.36. The van der Waals surface area contributed by atoms with Gasteiger partial charge < -0.3 is 4.90 Å². The Balaban J connectivity index is 2.54. The first-order valence-electron chi connectivity index (χ1n) is 5.12. The van der Waals surface area contributed by atoms with Crippen molar-refractivity contribution in [2.45, 2.75) is 26.3 Å². The van der Waals surface area contributed by atoms with Gasteiger partial charge in [-0.1, -0.05) is 35.0 Å². The summed E-state index contributed by atoms with van der Waals surface area (Å²) < 4.78 is 1.06. The average molecular weight is 270 g/mol. The van der Waals surface area contributed by atoms with Gasteiger partial charge in [0.2, 0.25) is 5.91 Å². The fourth-order valence-corrected chi connectivity index (χ4v) is 1.62. The van der Waals surface area contributed by atoms with Crippen LogP contribution in [0.2, 0.25) is 0 Å². The van der Waals surface area contributed by atoms with Crippen molar-refractivity contribution >= 4 is 21.8 Å². The molecule has 0 atom stereocenters. The minimum absolute atomic E-state index is 0.209. The van der Waals surface area contributed by atoms with E-state index in [1.807, 2.05) is 38.2 Å². The van der Waals surface area contributed by atoms with Crippen molar-refractivity contribution in [3.8, 4) is 0 Å². The lowest BCUT2D eigenvalue weighted by atomic mass is 10.2. The topological polar surface area (TPSA) is 20.3 Å². The number of rotatable bonds is 4. The second-order valence-corrected chi connectivity index (χ2v) is 4.54. The molecular formula is C12H16BrNO. The smallest absolute Gasteiger partial charge is 0.222 e. The maximum atomic E-state index is 11.5. The number of hydrogen-bond acceptors (Lipinski definition) is 1. The molecule has 1 aromatic rings. The van der Waals surface area contributed by atoms with E-state index in [4.69, 9.17) is 0 Å². The van der Waals surface area contributed by atoms with Crippen molar-refractivity contribution in [1.29, 1.82) is 0 Å². The molecule has 82 valence electrons. The van der Waals surface area contributed by atoms with Crippen molar-refractivity contribution in [1.82, 2.24) is 4.90 Å². The Hall–Kier alpha value is -0.830. The van der Waals surface area contributed by atoms with E-state index in [0.717, 1.165) is 16.5 Å². The van der Waals surface area contributed by atoms with Crippen LogP contribution in [-0.2, 0) is 11.3 Å². The first-order chi connectivity index (χ1) is 7.13. The number of amides is 1. The molecule has 0 heterocycles. The minimum atomic E-state index is 0.209. The molecule has 0 radical (unpaired) electrons. The maximum absolute atomic E-state index is 11.5. The predicted octanol–water partition coefficient (Wildman–Crippen LogP) is 3.21. The van der Waals surface area contributed by atoms with Crippen LogP contribution in [0.15, 0.2) is 28.7 Å². The standard InChI is InChI=1S/C12H16BrNO/c1-3-4-12(15)14(2)9-10-5-7-11(13)8-6-10/h5-8H,3-4,9H2,1-2H3. The molecule has 0 aliphatic heterocycles. The van der Waals surface area contributed by atoms with Gasteiger partial charge in [-0.05, 0) is 24.1 Å². The summed E-state index contributed by atoms with van der Waals surface area (Å²) in [6.45, 7) is 2.71. The average Bonchev–Trinajstić information content (AvgIpc) is 2.22. The number of benzene rings is 1. The van der Waals surface area contributed by atoms with Crippen LogP contribution in [0.4, 0.5) is 0 Å². The van der Waals surface area contributed by atoms with Gasteiger partial charge >= 0.3 is 0 Å². The molecular weight excluding hydrogens is 254 g/mol. The zero-order valence-corrected chi connectivity index (χ0v) is 10.8. The highest BCUT2D eigenvalue weighted by Crippen LogP contribution is 2.12. The Morgan fingerprint density at radius 2 is 1.93 bits per heavy atom. The van der Waals surface area contributed by atoms with Crippen LogP contribution in [0.5, 0.6) is 0 Å². The van der Waals surface area contributed by atoms with E-state index in [1.165, 1.54) is 0 Å². The van der Waals surface area contributed by atoms with Gasteiger partial charge in [0.25, 0.3) is 0 Å². The van der Waals surface area contributed by atoms with Gasteiger partial charge in [-0.2, -0.15) is 0 Å². The van der Waals surface area contributed by atoms with Crippen molar-refractivity contribution < 1.29 is 4.79 Å². The van der Waals surface area contributed by atoms with Crippen molar-refractivity contribution in [3.63, 3.8) is 0 Å². The van der Waals surface area contributed by atoms with Crippen LogP contribution in [0.3, 0.4) is 0 Å². The largest absolute Gasteiger partial charge is 0.341 e. The molecule has 1 amide bonds. The summed E-state index contributed by atoms with van der Waals surface area (Å²) in [5.41, 5.74) is 1.16. The Kier molecular flexibility index (Phi) is 4.82. The molecule has 0 unspecified atom stereocenters. The van der Waals surface area contributed by atoms with Crippen LogP contribution >= 0.6 is 15.9 Å². The highest BCUT2D eigenvalue weighted by atomic mass is 79.9. The highest BCUT2D eigenvalue weighted by Gasteiger charge is 2.07. The van der Waals surface area contributed by atoms with Crippen LogP contribution < -0.4 is 0 Å². The summed E-state index contributed by atoms with van der Waals surface area (Å²) in [5, 5.41) is 0. The second-order valence-electron chi connectivity index (χ2n) is 3.63. The molecule has 0 spiro atoms. The van der Waals surface area contributed by atoms with Crippen molar-refractivity contribution in [3.05, 3.63) is 34.3 Å². The fraction of sp³-hybridized carbons (Fsp3) is 0.417. The van der Waals surface area contributed by atoms with Crippen molar-refractivity contribution in [2.75, 3.05) is 7.05 Å². The zero-order chi connectivity index (χ0) is 11.3. The van der Waals surface area contributed by atoms with E-state index in [-0.39, 0.29) is 5.91 Å². The normalized spacial score (nSPS) is 10.1. The highest BCUT2D eigenvalue weighted by molar-refractivity contribution is 9.10. The lowest BCUT2D eigenvalue weighted by Gasteiger charge is -2.16. The Morgan fingerprint density at radius 3 is 2.47 bits per heavy atom. The summed E-state index contributed by atoms with van der Waals surface area (Å²) >= 11 is 3.38. The first kappa shape index (κ1) is 12.2. The molecule has 0 aliphatic rings. The van der Waals surface area contributed by atoms with Crippen LogP contribution in [0.1, 0.15) is 25.3 Å². The third-order valence-corrected chi connectivity index (χ3v) is 2.75. The third-order valence-electron chi connectivity index (χ3n) is 2.22. The number of nitrogens with zero attached hydrogens (tertiary/aromatic N) is 1. The lowest BCUT2D eigenvalue weighted by molar-refractivity contribution is -0.130. The molecule has 0 N–H and O–H groups in total. The molecule has 0 saturated heterocycles. The Morgan fingerprint density at radius 1 is 1.33 bits per heavy atom. The summed E-state index contributed by atoms with van der Waals surface area (Å²) in [6, 6.07) is 8.04. The number of carbonyl (C=O) groups excluding carboxylic acids is 1. The molecule has 0 bridgehead atoms. The maximum Gasteiger partial charge on any atom is 0.222 e. The molecule has 2 nitrogen and oxygen atoms in total. The predicted molar refractivity (Wildman–Crippen MR) is 65.5 cm³/mol. The van der Waals surface area contributed by atoms with E-state index in [0.29, 0.717) is 13.0 Å². The molecule has 0 saturated carbocycles. The third kappa shape index (κ3) is 4.04. The molecule has 15 heavy (non-hydrogen) atoms. The Bertz CT molecular complexity index is 321. The summed E-state index contributed by atoms with van der Waals surface area (Å²) in [7, 11) is 1.85. The molecule has 3 heteroatoms. The van der Waals surface area contributed by atoms with E-state index < -0.39 is 0 Å². The SMILES string of the molecule is CCCC(=O)N(C)Cc1ccc(Br)cc1. The molecule has 0 aliphatic carbocycles. The van der Waals surface area contributed by atoms with Gasteiger partial charge in [0.1, 0.15) is 0 Å². The second kappa shape index (κ2) is 5.91. The van der Waals surface area contributed by atoms with Crippen LogP contribution in [0.25, 0.3) is 0 Å². The van der Waals surface area contributed by atoms with Crippen LogP contribution in [0, 0.1) is 0 Å². The molecule has 1 rings (SSSR count). The van der Waals surface area contributed by atoms with Crippen LogP contribution in [-0.4, -0.2) is 17.9 Å². The van der Waals surface area contributed by atoms with E-state index >= 15 is 0 Å². The first-order valence-corrected chi connectivity index (χ1v) is 5.91. The quantitative estimate of drug-likeness (QED) is 0.822. The van der Waals surface area contributed by atoms with E-state index in [1.54, 1.807) is 4.90 Å². The van der Waals surface area contributed by atoms with E-state index in [9.17, 15) is 4.79 Å². The zero-order valence-electron chi connectivity index (χ0n) is 9.16. The minimum Gasteiger partial charge on any atom is -0.341 e. The Labute approximate surface area is 99.4 Å². The lowest BCUT2D eigenvalue weighted by Crippen LogP contribution is -2.25. The van der Waals surface area contributed by atoms with E-state index in [2.05, 4.69) is 15.9 Å². The van der Waals surface area contributed by atoms with Gasteiger partial charge in [0, 0.05) is 24.5 Å². The van der Waals surface area contributed by atoms with Gasteiger partial charge in [0.15, 0.2) is 0 Å². The number of hydrogen-bond donors (Lipinski definition) is 0. The van der Waals surface area contributed by atoms with Gasteiger partial charge in [-0.15, -0.1) is 0 Å². The van der Waals surface area contributed by atoms with Gasteiger partial charge in [0.05, 0.1) is 0 Å². The molecule has 0 aromatic heterocycles. The summed E-state index contributed by atoms with van der Waals surface area (Å²) in [6.07, 6.45) is 1.54. The molecule has 1 aromatic carbocycles. The van der Waals surface area contributed by atoms with Gasteiger partial charge in [-0.25, -0.2) is 0 Å². The number of halogens is 1. The number of carbonyl (C=O) groups is 1. The monoisotopic (exact) mass is 269 g/mol. The molecule has 0 fully saturated rings.